The van der Waals surface area contributed by atoms with Gasteiger partial charge in [0.15, 0.2) is 0 Å². The van der Waals surface area contributed by atoms with Crippen LogP contribution in [0.3, 0.4) is 0 Å². The molecule has 19 heavy (non-hydrogen) atoms. The van der Waals surface area contributed by atoms with E-state index in [1.165, 1.54) is 19.1 Å². The molecule has 1 fully saturated rings. The van der Waals surface area contributed by atoms with Gasteiger partial charge in [0.1, 0.15) is 9.84 Å². The Morgan fingerprint density at radius 3 is 2.32 bits per heavy atom. The van der Waals surface area contributed by atoms with E-state index < -0.39 is 15.4 Å². The van der Waals surface area contributed by atoms with Crippen molar-refractivity contribution in [2.24, 2.45) is 0 Å². The predicted octanol–water partition coefficient (Wildman–Crippen LogP) is 0.800. The predicted molar refractivity (Wildman–Crippen MR) is 76.8 cm³/mol. The van der Waals surface area contributed by atoms with E-state index >= 15 is 0 Å². The smallest absolute Gasteiger partial charge is 0.239 e. The fourth-order valence-corrected chi connectivity index (χ4v) is 2.95. The summed E-state index contributed by atoms with van der Waals surface area (Å²) in [5.74, 6) is -0.118. The molecule has 0 heterocycles. The summed E-state index contributed by atoms with van der Waals surface area (Å²) in [4.78, 5) is 14.3. The van der Waals surface area contributed by atoms with Gasteiger partial charge in [0, 0.05) is 18.8 Å². The molecule has 0 atom stereocenters. The quantitative estimate of drug-likeness (QED) is 0.786. The molecule has 0 spiro atoms. The third-order valence-electron chi connectivity index (χ3n) is 4.07. The van der Waals surface area contributed by atoms with Crippen LogP contribution in [0.2, 0.25) is 0 Å². The van der Waals surface area contributed by atoms with Crippen molar-refractivity contribution in [2.45, 2.75) is 51.1 Å². The van der Waals surface area contributed by atoms with E-state index in [9.17, 15) is 13.2 Å². The summed E-state index contributed by atoms with van der Waals surface area (Å²) in [6.07, 6.45) is 5.89. The number of rotatable bonds is 6. The van der Waals surface area contributed by atoms with Crippen molar-refractivity contribution in [3.05, 3.63) is 0 Å². The molecule has 0 bridgehead atoms. The molecule has 1 N–H and O–H groups in total. The molecule has 112 valence electrons. The van der Waals surface area contributed by atoms with Crippen LogP contribution in [0, 0.1) is 0 Å². The zero-order valence-corrected chi connectivity index (χ0v) is 13.2. The standard InChI is InChI=1S/C13H26N2O3S/c1-13(2,15(3)11-7-5-6-8-11)12(16)14-9-10-19(4,17)18/h11H,5-10H2,1-4H3,(H,14,16). The summed E-state index contributed by atoms with van der Waals surface area (Å²) in [7, 11) is -1.05. The first-order chi connectivity index (χ1) is 8.64. The van der Waals surface area contributed by atoms with Crippen LogP contribution in [-0.2, 0) is 14.6 Å². The van der Waals surface area contributed by atoms with Gasteiger partial charge in [0.05, 0.1) is 11.3 Å². The van der Waals surface area contributed by atoms with E-state index in [1.807, 2.05) is 20.9 Å². The Labute approximate surface area is 116 Å². The van der Waals surface area contributed by atoms with Gasteiger partial charge in [0.25, 0.3) is 0 Å². The summed E-state index contributed by atoms with van der Waals surface area (Å²) in [6.45, 7) is 3.96. The molecule has 5 nitrogen and oxygen atoms in total. The van der Waals surface area contributed by atoms with E-state index in [0.29, 0.717) is 6.04 Å². The largest absolute Gasteiger partial charge is 0.353 e. The third kappa shape index (κ3) is 4.76. The van der Waals surface area contributed by atoms with Crippen LogP contribution in [0.25, 0.3) is 0 Å². The topological polar surface area (TPSA) is 66.5 Å². The van der Waals surface area contributed by atoms with Crippen molar-refractivity contribution in [3.8, 4) is 0 Å². The van der Waals surface area contributed by atoms with Gasteiger partial charge in [0.2, 0.25) is 5.91 Å². The summed E-state index contributed by atoms with van der Waals surface area (Å²) in [5, 5.41) is 2.72. The zero-order chi connectivity index (χ0) is 14.7. The number of amides is 1. The van der Waals surface area contributed by atoms with Gasteiger partial charge in [-0.2, -0.15) is 0 Å². The maximum atomic E-state index is 12.2. The minimum absolute atomic E-state index is 0.0119. The van der Waals surface area contributed by atoms with Gasteiger partial charge in [-0.15, -0.1) is 0 Å². The molecular weight excluding hydrogens is 264 g/mol. The summed E-state index contributed by atoms with van der Waals surface area (Å²) in [6, 6.07) is 0.454. The molecule has 1 saturated carbocycles. The van der Waals surface area contributed by atoms with Crippen LogP contribution in [0.1, 0.15) is 39.5 Å². The zero-order valence-electron chi connectivity index (χ0n) is 12.4. The number of nitrogens with one attached hydrogen (secondary N) is 1. The molecule has 6 heteroatoms. The summed E-state index contributed by atoms with van der Waals surface area (Å²) >= 11 is 0. The van der Waals surface area contributed by atoms with E-state index in [0.717, 1.165) is 12.8 Å². The summed E-state index contributed by atoms with van der Waals surface area (Å²) < 4.78 is 22.1. The Bertz CT molecular complexity index is 412. The fourth-order valence-electron chi connectivity index (χ4n) is 2.47. The average Bonchev–Trinajstić information content (AvgIpc) is 2.79. The number of sulfone groups is 1. The molecule has 0 unspecified atom stereocenters. The second kappa shape index (κ2) is 6.22. The fraction of sp³-hybridized carbons (Fsp3) is 0.923. The third-order valence-corrected chi connectivity index (χ3v) is 5.01. The average molecular weight is 290 g/mol. The highest BCUT2D eigenvalue weighted by atomic mass is 32.2. The van der Waals surface area contributed by atoms with Gasteiger partial charge < -0.3 is 5.32 Å². The van der Waals surface area contributed by atoms with Gasteiger partial charge in [-0.1, -0.05) is 12.8 Å². The monoisotopic (exact) mass is 290 g/mol. The highest BCUT2D eigenvalue weighted by molar-refractivity contribution is 7.90. The Morgan fingerprint density at radius 2 is 1.84 bits per heavy atom. The van der Waals surface area contributed by atoms with Crippen molar-refractivity contribution >= 4 is 15.7 Å². The molecule has 0 aromatic rings. The minimum atomic E-state index is -3.03. The molecule has 0 radical (unpaired) electrons. The molecule has 0 saturated heterocycles. The van der Waals surface area contributed by atoms with E-state index in [2.05, 4.69) is 10.2 Å². The number of carbonyl (C=O) groups excluding carboxylic acids is 1. The molecular formula is C13H26N2O3S. The maximum absolute atomic E-state index is 12.2. The lowest BCUT2D eigenvalue weighted by Crippen LogP contribution is -2.56. The van der Waals surface area contributed by atoms with Crippen molar-refractivity contribution in [1.29, 1.82) is 0 Å². The van der Waals surface area contributed by atoms with Crippen LogP contribution >= 0.6 is 0 Å². The Kier molecular flexibility index (Phi) is 5.38. The lowest BCUT2D eigenvalue weighted by atomic mass is 9.99. The molecule has 0 aromatic heterocycles. The van der Waals surface area contributed by atoms with Crippen LogP contribution < -0.4 is 5.32 Å². The molecule has 1 aliphatic rings. The summed E-state index contributed by atoms with van der Waals surface area (Å²) in [5.41, 5.74) is -0.605. The normalized spacial score (nSPS) is 17.9. The van der Waals surface area contributed by atoms with Crippen LogP contribution in [-0.4, -0.2) is 56.4 Å². The first-order valence-electron chi connectivity index (χ1n) is 6.83. The number of carbonyl (C=O) groups is 1. The first kappa shape index (κ1) is 16.4. The van der Waals surface area contributed by atoms with Crippen molar-refractivity contribution in [1.82, 2.24) is 10.2 Å². The Morgan fingerprint density at radius 1 is 1.32 bits per heavy atom. The van der Waals surface area contributed by atoms with Crippen LogP contribution in [0.4, 0.5) is 0 Å². The molecule has 1 rings (SSSR count). The minimum Gasteiger partial charge on any atom is -0.353 e. The second-order valence-electron chi connectivity index (χ2n) is 5.99. The molecule has 1 amide bonds. The van der Waals surface area contributed by atoms with Gasteiger partial charge in [-0.05, 0) is 33.7 Å². The Hall–Kier alpha value is -0.620. The van der Waals surface area contributed by atoms with Crippen molar-refractivity contribution in [3.63, 3.8) is 0 Å². The van der Waals surface area contributed by atoms with E-state index in [1.54, 1.807) is 0 Å². The van der Waals surface area contributed by atoms with Gasteiger partial charge in [-0.3, -0.25) is 9.69 Å². The first-order valence-corrected chi connectivity index (χ1v) is 8.89. The lowest BCUT2D eigenvalue weighted by molar-refractivity contribution is -0.132. The number of nitrogens with zero attached hydrogens (tertiary/aromatic N) is 1. The van der Waals surface area contributed by atoms with Crippen molar-refractivity contribution in [2.75, 3.05) is 25.6 Å². The Balaban J connectivity index is 2.52. The number of hydrogen-bond donors (Lipinski definition) is 1. The van der Waals surface area contributed by atoms with Crippen LogP contribution in [0.15, 0.2) is 0 Å². The second-order valence-corrected chi connectivity index (χ2v) is 8.25. The van der Waals surface area contributed by atoms with E-state index in [-0.39, 0.29) is 18.2 Å². The van der Waals surface area contributed by atoms with Gasteiger partial charge >= 0.3 is 0 Å². The molecule has 0 aromatic carbocycles. The number of likely N-dealkylation sites (N-methyl/N-ethyl adjacent to an activating group) is 1. The van der Waals surface area contributed by atoms with Crippen molar-refractivity contribution < 1.29 is 13.2 Å². The molecule has 0 aliphatic heterocycles. The highest BCUT2D eigenvalue weighted by Gasteiger charge is 2.36. The maximum Gasteiger partial charge on any atom is 0.239 e. The van der Waals surface area contributed by atoms with E-state index in [4.69, 9.17) is 0 Å². The van der Waals surface area contributed by atoms with Crippen LogP contribution in [0.5, 0.6) is 0 Å². The van der Waals surface area contributed by atoms with Gasteiger partial charge in [-0.25, -0.2) is 8.42 Å². The highest BCUT2D eigenvalue weighted by Crippen LogP contribution is 2.27. The molecule has 1 aliphatic carbocycles. The number of hydrogen-bond acceptors (Lipinski definition) is 4. The SMILES string of the molecule is CN(C1CCCC1)C(C)(C)C(=O)NCCS(C)(=O)=O. The lowest BCUT2D eigenvalue weighted by Gasteiger charge is -2.38.